The number of rotatable bonds is 6. The summed E-state index contributed by atoms with van der Waals surface area (Å²) in [5.74, 6) is -0.829. The molecule has 10 nitrogen and oxygen atoms in total. The van der Waals surface area contributed by atoms with Crippen molar-refractivity contribution in [3.8, 4) is 0 Å². The van der Waals surface area contributed by atoms with Crippen LogP contribution in [0.5, 0.6) is 0 Å². The van der Waals surface area contributed by atoms with E-state index in [0.29, 0.717) is 5.56 Å². The van der Waals surface area contributed by atoms with E-state index in [1.807, 2.05) is 0 Å². The fourth-order valence-corrected chi connectivity index (χ4v) is 1.68. The normalized spacial score (nSPS) is 10.6. The number of hydrogen-bond acceptors (Lipinski definition) is 7. The summed E-state index contributed by atoms with van der Waals surface area (Å²) < 4.78 is 4.81. The fraction of sp³-hybridized carbons (Fsp3) is 0.0769. The molecule has 2 rings (SSSR count). The third-order valence-corrected chi connectivity index (χ3v) is 2.66. The molecule has 0 radical (unpaired) electrons. The summed E-state index contributed by atoms with van der Waals surface area (Å²) in [5.41, 5.74) is 2.55. The summed E-state index contributed by atoms with van der Waals surface area (Å²) in [6.45, 7) is 0. The van der Waals surface area contributed by atoms with E-state index in [4.69, 9.17) is 4.42 Å². The summed E-state index contributed by atoms with van der Waals surface area (Å²) in [6.07, 6.45) is 1.01. The van der Waals surface area contributed by atoms with Crippen LogP contribution in [0.2, 0.25) is 0 Å². The molecule has 0 bridgehead atoms. The first-order valence-electron chi connectivity index (χ1n) is 6.25. The predicted molar refractivity (Wildman–Crippen MR) is 77.9 cm³/mol. The second kappa shape index (κ2) is 6.93. The van der Waals surface area contributed by atoms with Crippen molar-refractivity contribution < 1.29 is 19.1 Å². The average Bonchev–Trinajstić information content (AvgIpc) is 2.96. The maximum absolute atomic E-state index is 11.7. The van der Waals surface area contributed by atoms with E-state index in [1.165, 1.54) is 24.3 Å². The standard InChI is InChI=1S/C13H10N4O6/c18-12(7-9-2-1-3-10(6-9)16(19)20)15-14-8-11-4-5-13(23-11)17(21)22/h1-6,8H,7H2,(H,15,18). The van der Waals surface area contributed by atoms with Gasteiger partial charge in [-0.05, 0) is 11.6 Å². The van der Waals surface area contributed by atoms with Gasteiger partial charge in [0.1, 0.15) is 4.92 Å². The third kappa shape index (κ3) is 4.46. The molecule has 0 saturated carbocycles. The van der Waals surface area contributed by atoms with Gasteiger partial charge in [-0.3, -0.25) is 25.0 Å². The number of nitro benzene ring substituents is 1. The van der Waals surface area contributed by atoms with Crippen LogP contribution in [0.3, 0.4) is 0 Å². The van der Waals surface area contributed by atoms with E-state index < -0.39 is 21.6 Å². The molecule has 0 spiro atoms. The largest absolute Gasteiger partial charge is 0.433 e. The van der Waals surface area contributed by atoms with Crippen molar-refractivity contribution in [1.82, 2.24) is 5.43 Å². The Morgan fingerprint density at radius 1 is 1.22 bits per heavy atom. The molecule has 1 amide bonds. The highest BCUT2D eigenvalue weighted by Gasteiger charge is 2.11. The third-order valence-electron chi connectivity index (χ3n) is 2.66. The van der Waals surface area contributed by atoms with E-state index in [0.717, 1.165) is 12.3 Å². The Kier molecular flexibility index (Phi) is 4.77. The molecule has 0 aliphatic heterocycles. The van der Waals surface area contributed by atoms with Crippen LogP contribution in [0.15, 0.2) is 45.9 Å². The van der Waals surface area contributed by atoms with Crippen LogP contribution in [0.1, 0.15) is 11.3 Å². The van der Waals surface area contributed by atoms with Crippen LogP contribution in [0, 0.1) is 20.2 Å². The Labute approximate surface area is 128 Å². The lowest BCUT2D eigenvalue weighted by Crippen LogP contribution is -2.19. The Morgan fingerprint density at radius 2 is 2.00 bits per heavy atom. The Bertz CT molecular complexity index is 782. The lowest BCUT2D eigenvalue weighted by atomic mass is 10.1. The summed E-state index contributed by atoms with van der Waals surface area (Å²) >= 11 is 0. The van der Waals surface area contributed by atoms with Crippen molar-refractivity contribution in [3.05, 3.63) is 68.0 Å². The Morgan fingerprint density at radius 3 is 2.65 bits per heavy atom. The van der Waals surface area contributed by atoms with Gasteiger partial charge >= 0.3 is 5.88 Å². The molecule has 118 valence electrons. The van der Waals surface area contributed by atoms with E-state index >= 15 is 0 Å². The van der Waals surface area contributed by atoms with Gasteiger partial charge in [-0.25, -0.2) is 5.43 Å². The van der Waals surface area contributed by atoms with Gasteiger partial charge in [0.05, 0.1) is 23.6 Å². The zero-order chi connectivity index (χ0) is 16.8. The minimum absolute atomic E-state index is 0.0999. The summed E-state index contributed by atoms with van der Waals surface area (Å²) in [7, 11) is 0. The molecule has 10 heteroatoms. The van der Waals surface area contributed by atoms with E-state index in [1.54, 1.807) is 6.07 Å². The molecule has 0 aliphatic carbocycles. The van der Waals surface area contributed by atoms with Crippen molar-refractivity contribution in [2.75, 3.05) is 0 Å². The number of non-ortho nitro benzene ring substituents is 1. The molecule has 0 saturated heterocycles. The highest BCUT2D eigenvalue weighted by molar-refractivity contribution is 5.81. The lowest BCUT2D eigenvalue weighted by Gasteiger charge is -2.00. The zero-order valence-corrected chi connectivity index (χ0v) is 11.5. The number of amides is 1. The second-order valence-corrected chi connectivity index (χ2v) is 4.33. The molecular formula is C13H10N4O6. The van der Waals surface area contributed by atoms with Gasteiger partial charge in [0.25, 0.3) is 5.69 Å². The van der Waals surface area contributed by atoms with Gasteiger partial charge in [-0.2, -0.15) is 5.10 Å². The molecule has 2 aromatic rings. The highest BCUT2D eigenvalue weighted by Crippen LogP contribution is 2.14. The van der Waals surface area contributed by atoms with Crippen molar-refractivity contribution in [2.45, 2.75) is 6.42 Å². The van der Waals surface area contributed by atoms with Crippen molar-refractivity contribution in [2.24, 2.45) is 5.10 Å². The van der Waals surface area contributed by atoms with Gasteiger partial charge in [0.2, 0.25) is 5.91 Å². The van der Waals surface area contributed by atoms with E-state index in [9.17, 15) is 25.0 Å². The SMILES string of the molecule is O=C(Cc1cccc([N+](=O)[O-])c1)NN=Cc1ccc([N+](=O)[O-])o1. The molecule has 1 N–H and O–H groups in total. The smallest absolute Gasteiger partial charge is 0.400 e. The van der Waals surface area contributed by atoms with Crippen LogP contribution in [0.4, 0.5) is 11.6 Å². The quantitative estimate of drug-likeness (QED) is 0.489. The first kappa shape index (κ1) is 15.8. The van der Waals surface area contributed by atoms with Gasteiger partial charge < -0.3 is 4.42 Å². The van der Waals surface area contributed by atoms with Crippen LogP contribution < -0.4 is 5.43 Å². The summed E-state index contributed by atoms with van der Waals surface area (Å²) in [6, 6.07) is 8.15. The summed E-state index contributed by atoms with van der Waals surface area (Å²) in [4.78, 5) is 31.5. The van der Waals surface area contributed by atoms with Gasteiger partial charge in [0.15, 0.2) is 5.76 Å². The van der Waals surface area contributed by atoms with Gasteiger partial charge in [0, 0.05) is 12.1 Å². The summed E-state index contributed by atoms with van der Waals surface area (Å²) in [5, 5.41) is 24.7. The number of furan rings is 1. The topological polar surface area (TPSA) is 141 Å². The second-order valence-electron chi connectivity index (χ2n) is 4.33. The minimum atomic E-state index is -0.696. The molecule has 1 aromatic carbocycles. The molecule has 1 heterocycles. The number of benzene rings is 1. The molecular weight excluding hydrogens is 308 g/mol. The number of carbonyl (C=O) groups is 1. The van der Waals surface area contributed by atoms with Crippen molar-refractivity contribution >= 4 is 23.7 Å². The molecule has 0 unspecified atom stereocenters. The number of nitro groups is 2. The number of hydrogen-bond donors (Lipinski definition) is 1. The lowest BCUT2D eigenvalue weighted by molar-refractivity contribution is -0.402. The van der Waals surface area contributed by atoms with Crippen molar-refractivity contribution in [3.63, 3.8) is 0 Å². The molecule has 0 aliphatic rings. The number of nitrogens with one attached hydrogen (secondary N) is 1. The van der Waals surface area contributed by atoms with Crippen LogP contribution in [-0.2, 0) is 11.2 Å². The van der Waals surface area contributed by atoms with Crippen molar-refractivity contribution in [1.29, 1.82) is 0 Å². The van der Waals surface area contributed by atoms with Gasteiger partial charge in [-0.1, -0.05) is 12.1 Å². The molecule has 0 fully saturated rings. The highest BCUT2D eigenvalue weighted by atomic mass is 16.6. The van der Waals surface area contributed by atoms with Crippen LogP contribution in [-0.4, -0.2) is 22.0 Å². The number of nitrogens with zero attached hydrogens (tertiary/aromatic N) is 3. The number of hydrazone groups is 1. The Balaban J connectivity index is 1.91. The van der Waals surface area contributed by atoms with Crippen LogP contribution in [0.25, 0.3) is 0 Å². The van der Waals surface area contributed by atoms with Gasteiger partial charge in [-0.15, -0.1) is 0 Å². The van der Waals surface area contributed by atoms with E-state index in [2.05, 4.69) is 10.5 Å². The fourth-order valence-electron chi connectivity index (χ4n) is 1.68. The van der Waals surface area contributed by atoms with E-state index in [-0.39, 0.29) is 17.9 Å². The first-order valence-corrected chi connectivity index (χ1v) is 6.25. The number of carbonyl (C=O) groups excluding carboxylic acids is 1. The van der Waals surface area contributed by atoms with Crippen LogP contribution >= 0.6 is 0 Å². The maximum Gasteiger partial charge on any atom is 0.433 e. The Hall–Kier alpha value is -3.56. The molecule has 23 heavy (non-hydrogen) atoms. The maximum atomic E-state index is 11.7. The zero-order valence-electron chi connectivity index (χ0n) is 11.5. The predicted octanol–water partition coefficient (Wildman–Crippen LogP) is 1.79. The minimum Gasteiger partial charge on any atom is -0.400 e. The average molecular weight is 318 g/mol. The molecule has 0 atom stereocenters. The molecule has 1 aromatic heterocycles. The first-order chi connectivity index (χ1) is 11.0. The monoisotopic (exact) mass is 318 g/mol.